The van der Waals surface area contributed by atoms with Gasteiger partial charge in [0.2, 0.25) is 5.91 Å². The summed E-state index contributed by atoms with van der Waals surface area (Å²) in [5.74, 6) is 0.310. The summed E-state index contributed by atoms with van der Waals surface area (Å²) in [5.41, 5.74) is 2.95. The Bertz CT molecular complexity index is 1240. The van der Waals surface area contributed by atoms with Crippen LogP contribution in [-0.4, -0.2) is 27.5 Å². The monoisotopic (exact) mass is 500 g/mol. The van der Waals surface area contributed by atoms with Gasteiger partial charge in [0.15, 0.2) is 0 Å². The number of halogens is 1. The van der Waals surface area contributed by atoms with Gasteiger partial charge in [-0.25, -0.2) is 8.42 Å². The van der Waals surface area contributed by atoms with Crippen LogP contribution < -0.4 is 14.4 Å². The molecule has 0 radical (unpaired) electrons. The molecule has 0 aliphatic heterocycles. The molecule has 34 heavy (non-hydrogen) atoms. The number of benzene rings is 3. The molecule has 0 aliphatic carbocycles. The maximum atomic E-state index is 13.5. The van der Waals surface area contributed by atoms with Crippen LogP contribution in [0.2, 0.25) is 5.02 Å². The summed E-state index contributed by atoms with van der Waals surface area (Å²) in [5, 5.41) is 3.31. The van der Waals surface area contributed by atoms with Gasteiger partial charge in [0.05, 0.1) is 23.2 Å². The third kappa shape index (κ3) is 6.10. The highest BCUT2D eigenvalue weighted by molar-refractivity contribution is 7.92. The Hall–Kier alpha value is -3.03. The molecule has 0 fully saturated rings. The van der Waals surface area contributed by atoms with E-state index in [4.69, 9.17) is 16.3 Å². The lowest BCUT2D eigenvalue weighted by molar-refractivity contribution is -0.120. The number of nitrogens with one attached hydrogen (secondary N) is 1. The first-order valence-electron chi connectivity index (χ1n) is 11.0. The average Bonchev–Trinajstić information content (AvgIpc) is 2.80. The van der Waals surface area contributed by atoms with Crippen molar-refractivity contribution in [3.8, 4) is 5.75 Å². The van der Waals surface area contributed by atoms with Gasteiger partial charge in [-0.3, -0.25) is 9.10 Å². The van der Waals surface area contributed by atoms with Crippen LogP contribution in [0.15, 0.2) is 71.6 Å². The summed E-state index contributed by atoms with van der Waals surface area (Å²) < 4.78 is 33.6. The van der Waals surface area contributed by atoms with Gasteiger partial charge in [-0.2, -0.15) is 0 Å². The first kappa shape index (κ1) is 25.6. The SMILES string of the molecule is CCOc1ccc([C@H](C)NC(=O)CN(c2ccc(C)c(Cl)c2)S(=O)(=O)c2ccc(C)cc2)cc1. The molecule has 3 aromatic carbocycles. The van der Waals surface area contributed by atoms with E-state index in [0.717, 1.165) is 26.7 Å². The van der Waals surface area contributed by atoms with Crippen molar-refractivity contribution in [3.63, 3.8) is 0 Å². The maximum absolute atomic E-state index is 13.5. The molecule has 0 aliphatic rings. The van der Waals surface area contributed by atoms with E-state index in [-0.39, 0.29) is 10.9 Å². The molecule has 3 aromatic rings. The van der Waals surface area contributed by atoms with E-state index in [2.05, 4.69) is 5.32 Å². The molecule has 0 bridgehead atoms. The lowest BCUT2D eigenvalue weighted by Crippen LogP contribution is -2.41. The molecule has 0 unspecified atom stereocenters. The number of sulfonamides is 1. The number of hydrogen-bond donors (Lipinski definition) is 1. The number of carbonyl (C=O) groups excluding carboxylic acids is 1. The van der Waals surface area contributed by atoms with E-state index in [9.17, 15) is 13.2 Å². The number of ether oxygens (including phenoxy) is 1. The summed E-state index contributed by atoms with van der Waals surface area (Å²) in [6.07, 6.45) is 0. The van der Waals surface area contributed by atoms with Gasteiger partial charge in [-0.1, -0.05) is 47.5 Å². The third-order valence-corrected chi connectivity index (χ3v) is 7.60. The largest absolute Gasteiger partial charge is 0.494 e. The number of anilines is 1. The van der Waals surface area contributed by atoms with Gasteiger partial charge >= 0.3 is 0 Å². The number of rotatable bonds is 9. The predicted octanol–water partition coefficient (Wildman–Crippen LogP) is 5.43. The van der Waals surface area contributed by atoms with Gasteiger partial charge in [-0.05, 0) is 75.2 Å². The zero-order chi connectivity index (χ0) is 24.9. The fourth-order valence-electron chi connectivity index (χ4n) is 3.41. The highest BCUT2D eigenvalue weighted by Crippen LogP contribution is 2.28. The lowest BCUT2D eigenvalue weighted by Gasteiger charge is -2.25. The molecular weight excluding hydrogens is 472 g/mol. The smallest absolute Gasteiger partial charge is 0.264 e. The lowest BCUT2D eigenvalue weighted by atomic mass is 10.1. The van der Waals surface area contributed by atoms with Crippen molar-refractivity contribution in [1.29, 1.82) is 0 Å². The number of amides is 1. The fourth-order valence-corrected chi connectivity index (χ4v) is 5.00. The number of carbonyl (C=O) groups is 1. The van der Waals surface area contributed by atoms with Crippen molar-refractivity contribution in [3.05, 3.63) is 88.4 Å². The number of nitrogens with zero attached hydrogens (tertiary/aromatic N) is 1. The van der Waals surface area contributed by atoms with E-state index in [0.29, 0.717) is 17.3 Å². The first-order valence-corrected chi connectivity index (χ1v) is 12.8. The number of hydrogen-bond acceptors (Lipinski definition) is 4. The minimum Gasteiger partial charge on any atom is -0.494 e. The van der Waals surface area contributed by atoms with Gasteiger partial charge < -0.3 is 10.1 Å². The van der Waals surface area contributed by atoms with E-state index in [1.807, 2.05) is 52.0 Å². The van der Waals surface area contributed by atoms with Crippen LogP contribution in [0, 0.1) is 13.8 Å². The van der Waals surface area contributed by atoms with E-state index in [1.165, 1.54) is 12.1 Å². The normalized spacial score (nSPS) is 12.1. The van der Waals surface area contributed by atoms with Crippen molar-refractivity contribution in [2.75, 3.05) is 17.5 Å². The Morgan fingerprint density at radius 2 is 1.68 bits per heavy atom. The van der Waals surface area contributed by atoms with Gasteiger partial charge in [0.25, 0.3) is 10.0 Å². The molecular formula is C26H29ClN2O4S. The Morgan fingerprint density at radius 3 is 2.26 bits per heavy atom. The zero-order valence-corrected chi connectivity index (χ0v) is 21.3. The van der Waals surface area contributed by atoms with Crippen molar-refractivity contribution >= 4 is 33.2 Å². The van der Waals surface area contributed by atoms with Crippen LogP contribution in [0.25, 0.3) is 0 Å². The Balaban J connectivity index is 1.86. The second-order valence-electron chi connectivity index (χ2n) is 8.05. The highest BCUT2D eigenvalue weighted by Gasteiger charge is 2.28. The number of aryl methyl sites for hydroxylation is 2. The molecule has 0 saturated heterocycles. The first-order chi connectivity index (χ1) is 16.1. The fraction of sp³-hybridized carbons (Fsp3) is 0.269. The maximum Gasteiger partial charge on any atom is 0.264 e. The quantitative estimate of drug-likeness (QED) is 0.425. The molecule has 0 aromatic heterocycles. The Morgan fingerprint density at radius 1 is 1.03 bits per heavy atom. The predicted molar refractivity (Wildman–Crippen MR) is 136 cm³/mol. The molecule has 6 nitrogen and oxygen atoms in total. The van der Waals surface area contributed by atoms with Crippen molar-refractivity contribution < 1.29 is 17.9 Å². The summed E-state index contributed by atoms with van der Waals surface area (Å²) in [6.45, 7) is 7.64. The minimum atomic E-state index is -4.01. The van der Waals surface area contributed by atoms with E-state index < -0.39 is 22.5 Å². The van der Waals surface area contributed by atoms with Crippen LogP contribution in [0.3, 0.4) is 0 Å². The van der Waals surface area contributed by atoms with Crippen LogP contribution in [0.1, 0.15) is 36.6 Å². The van der Waals surface area contributed by atoms with E-state index >= 15 is 0 Å². The molecule has 3 rings (SSSR count). The van der Waals surface area contributed by atoms with Crippen LogP contribution in [-0.2, 0) is 14.8 Å². The molecule has 1 N–H and O–H groups in total. The van der Waals surface area contributed by atoms with Crippen LogP contribution >= 0.6 is 11.6 Å². The van der Waals surface area contributed by atoms with Crippen molar-refractivity contribution in [1.82, 2.24) is 5.32 Å². The second-order valence-corrected chi connectivity index (χ2v) is 10.3. The molecule has 1 amide bonds. The third-order valence-electron chi connectivity index (χ3n) is 5.41. The minimum absolute atomic E-state index is 0.0992. The summed E-state index contributed by atoms with van der Waals surface area (Å²) in [7, 11) is -4.01. The molecule has 8 heteroatoms. The van der Waals surface area contributed by atoms with Crippen molar-refractivity contribution in [2.45, 2.75) is 38.6 Å². The highest BCUT2D eigenvalue weighted by atomic mass is 35.5. The summed E-state index contributed by atoms with van der Waals surface area (Å²) in [6, 6.07) is 18.6. The van der Waals surface area contributed by atoms with Crippen molar-refractivity contribution in [2.24, 2.45) is 0 Å². The molecule has 0 saturated carbocycles. The topological polar surface area (TPSA) is 75.7 Å². The molecule has 180 valence electrons. The van der Waals surface area contributed by atoms with Gasteiger partial charge in [0, 0.05) is 5.02 Å². The average molecular weight is 501 g/mol. The van der Waals surface area contributed by atoms with Crippen LogP contribution in [0.5, 0.6) is 5.75 Å². The molecule has 1 atom stereocenters. The zero-order valence-electron chi connectivity index (χ0n) is 19.7. The van der Waals surface area contributed by atoms with E-state index in [1.54, 1.807) is 30.3 Å². The van der Waals surface area contributed by atoms with Gasteiger partial charge in [-0.15, -0.1) is 0 Å². The van der Waals surface area contributed by atoms with Crippen LogP contribution in [0.4, 0.5) is 5.69 Å². The second kappa shape index (κ2) is 10.9. The summed E-state index contributed by atoms with van der Waals surface area (Å²) >= 11 is 6.28. The Kier molecular flexibility index (Phi) is 8.23. The molecule has 0 spiro atoms. The summed E-state index contributed by atoms with van der Waals surface area (Å²) in [4.78, 5) is 13.1. The Labute approximate surface area is 206 Å². The standard InChI is InChI=1S/C26H29ClN2O4S/c1-5-33-23-12-9-21(10-13-23)20(4)28-26(30)17-29(22-11-8-19(3)25(27)16-22)34(31,32)24-14-6-18(2)7-15-24/h6-16,20H,5,17H2,1-4H3,(H,28,30)/t20-/m0/s1. The van der Waals surface area contributed by atoms with Gasteiger partial charge in [0.1, 0.15) is 12.3 Å². The molecule has 0 heterocycles.